The maximum Gasteiger partial charge on any atom is 0.240 e. The standard InChI is InChI=1S/C14H12BrNO4S/c1-16-21(18,19)12-6-7-14(13(15)8-12)20-11-4-2-10(9-17)3-5-11/h2-9,16H,1H3. The van der Waals surface area contributed by atoms with Gasteiger partial charge in [0.2, 0.25) is 10.0 Å². The molecule has 0 fully saturated rings. The molecule has 0 saturated heterocycles. The van der Waals surface area contributed by atoms with Crippen LogP contribution in [0.15, 0.2) is 51.8 Å². The highest BCUT2D eigenvalue weighted by Crippen LogP contribution is 2.31. The number of carbonyl (C=O) groups is 1. The Morgan fingerprint density at radius 2 is 1.81 bits per heavy atom. The number of sulfonamides is 1. The fourth-order valence-corrected chi connectivity index (χ4v) is 2.96. The van der Waals surface area contributed by atoms with Gasteiger partial charge in [0, 0.05) is 5.56 Å². The largest absolute Gasteiger partial charge is 0.456 e. The molecule has 0 unspecified atom stereocenters. The van der Waals surface area contributed by atoms with Gasteiger partial charge in [0.05, 0.1) is 9.37 Å². The third kappa shape index (κ3) is 3.69. The van der Waals surface area contributed by atoms with E-state index in [1.807, 2.05) is 0 Å². The van der Waals surface area contributed by atoms with Crippen LogP contribution in [0.1, 0.15) is 10.4 Å². The van der Waals surface area contributed by atoms with Gasteiger partial charge in [-0.15, -0.1) is 0 Å². The summed E-state index contributed by atoms with van der Waals surface area (Å²) in [4.78, 5) is 10.7. The van der Waals surface area contributed by atoms with E-state index in [2.05, 4.69) is 20.7 Å². The summed E-state index contributed by atoms with van der Waals surface area (Å²) < 4.78 is 31.8. The fourth-order valence-electron chi connectivity index (χ4n) is 1.59. The van der Waals surface area contributed by atoms with E-state index >= 15 is 0 Å². The Morgan fingerprint density at radius 1 is 1.14 bits per heavy atom. The molecular formula is C14H12BrNO4S. The summed E-state index contributed by atoms with van der Waals surface area (Å²) in [5, 5.41) is 0. The zero-order chi connectivity index (χ0) is 15.5. The van der Waals surface area contributed by atoms with E-state index < -0.39 is 10.0 Å². The van der Waals surface area contributed by atoms with E-state index in [9.17, 15) is 13.2 Å². The summed E-state index contributed by atoms with van der Waals surface area (Å²) in [5.41, 5.74) is 0.553. The number of halogens is 1. The highest BCUT2D eigenvalue weighted by atomic mass is 79.9. The Balaban J connectivity index is 2.27. The van der Waals surface area contributed by atoms with Gasteiger partial charge < -0.3 is 4.74 Å². The first kappa shape index (κ1) is 15.7. The summed E-state index contributed by atoms with van der Waals surface area (Å²) >= 11 is 3.28. The molecule has 0 aliphatic carbocycles. The minimum Gasteiger partial charge on any atom is -0.456 e. The lowest BCUT2D eigenvalue weighted by Gasteiger charge is -2.09. The van der Waals surface area contributed by atoms with Gasteiger partial charge in [-0.1, -0.05) is 0 Å². The molecule has 1 N–H and O–H groups in total. The number of benzene rings is 2. The molecule has 110 valence electrons. The van der Waals surface area contributed by atoms with E-state index in [1.54, 1.807) is 30.3 Å². The van der Waals surface area contributed by atoms with Crippen molar-refractivity contribution in [2.75, 3.05) is 7.05 Å². The van der Waals surface area contributed by atoms with Gasteiger partial charge in [0.15, 0.2) is 0 Å². The molecular weight excluding hydrogens is 358 g/mol. The maximum atomic E-state index is 11.7. The van der Waals surface area contributed by atoms with Crippen molar-refractivity contribution in [3.05, 3.63) is 52.5 Å². The number of carbonyl (C=O) groups excluding carboxylic acids is 1. The molecule has 2 aromatic carbocycles. The van der Waals surface area contributed by atoms with Gasteiger partial charge in [0.25, 0.3) is 0 Å². The van der Waals surface area contributed by atoms with Crippen molar-refractivity contribution in [3.8, 4) is 11.5 Å². The highest BCUT2D eigenvalue weighted by molar-refractivity contribution is 9.10. The van der Waals surface area contributed by atoms with Crippen LogP contribution in [0, 0.1) is 0 Å². The predicted molar refractivity (Wildman–Crippen MR) is 82.3 cm³/mol. The van der Waals surface area contributed by atoms with Crippen LogP contribution in [0.4, 0.5) is 0 Å². The van der Waals surface area contributed by atoms with Crippen molar-refractivity contribution in [3.63, 3.8) is 0 Å². The molecule has 0 aromatic heterocycles. The second-order valence-electron chi connectivity index (χ2n) is 4.09. The van der Waals surface area contributed by atoms with Crippen molar-refractivity contribution in [1.82, 2.24) is 4.72 Å². The Kier molecular flexibility index (Phi) is 4.76. The van der Waals surface area contributed by atoms with E-state index in [0.717, 1.165) is 6.29 Å². The van der Waals surface area contributed by atoms with Crippen LogP contribution >= 0.6 is 15.9 Å². The summed E-state index contributed by atoms with van der Waals surface area (Å²) in [7, 11) is -2.14. The van der Waals surface area contributed by atoms with Crippen LogP contribution in [-0.2, 0) is 10.0 Å². The van der Waals surface area contributed by atoms with Gasteiger partial charge in [-0.05, 0) is 65.4 Å². The number of aldehydes is 1. The van der Waals surface area contributed by atoms with Crippen molar-refractivity contribution >= 4 is 32.2 Å². The minimum atomic E-state index is -3.49. The summed E-state index contributed by atoms with van der Waals surface area (Å²) in [6.07, 6.45) is 0.747. The van der Waals surface area contributed by atoms with Crippen LogP contribution in [0.2, 0.25) is 0 Å². The highest BCUT2D eigenvalue weighted by Gasteiger charge is 2.14. The molecule has 5 nitrogen and oxygen atoms in total. The molecule has 0 saturated carbocycles. The molecule has 0 heterocycles. The second-order valence-corrected chi connectivity index (χ2v) is 6.83. The van der Waals surface area contributed by atoms with Gasteiger partial charge >= 0.3 is 0 Å². The molecule has 21 heavy (non-hydrogen) atoms. The third-order valence-corrected chi connectivity index (χ3v) is 4.76. The zero-order valence-electron chi connectivity index (χ0n) is 11.0. The van der Waals surface area contributed by atoms with Crippen LogP contribution in [0.3, 0.4) is 0 Å². The maximum absolute atomic E-state index is 11.7. The Morgan fingerprint density at radius 3 is 2.33 bits per heavy atom. The first-order chi connectivity index (χ1) is 9.96. The SMILES string of the molecule is CNS(=O)(=O)c1ccc(Oc2ccc(C=O)cc2)c(Br)c1. The number of ether oxygens (including phenoxy) is 1. The van der Waals surface area contributed by atoms with Crippen molar-refractivity contribution in [2.45, 2.75) is 4.90 Å². The quantitative estimate of drug-likeness (QED) is 0.822. The topological polar surface area (TPSA) is 72.5 Å². The number of hydrogen-bond donors (Lipinski definition) is 1. The second kappa shape index (κ2) is 6.38. The molecule has 0 bridgehead atoms. The molecule has 0 aliphatic heterocycles. The first-order valence-electron chi connectivity index (χ1n) is 5.92. The normalized spacial score (nSPS) is 11.1. The summed E-state index contributed by atoms with van der Waals surface area (Å²) in [6.45, 7) is 0. The number of hydrogen-bond acceptors (Lipinski definition) is 4. The monoisotopic (exact) mass is 369 g/mol. The van der Waals surface area contributed by atoms with Crippen LogP contribution < -0.4 is 9.46 Å². The van der Waals surface area contributed by atoms with Gasteiger partial charge in [-0.2, -0.15) is 0 Å². The van der Waals surface area contributed by atoms with Crippen LogP contribution in [0.5, 0.6) is 11.5 Å². The zero-order valence-corrected chi connectivity index (χ0v) is 13.4. The smallest absolute Gasteiger partial charge is 0.240 e. The van der Waals surface area contributed by atoms with E-state index in [1.165, 1.54) is 19.2 Å². The first-order valence-corrected chi connectivity index (χ1v) is 8.20. The van der Waals surface area contributed by atoms with E-state index in [0.29, 0.717) is 21.5 Å². The predicted octanol–water partition coefficient (Wildman–Crippen LogP) is 2.96. The molecule has 0 aliphatic rings. The number of nitrogens with one attached hydrogen (secondary N) is 1. The minimum absolute atomic E-state index is 0.139. The lowest BCUT2D eigenvalue weighted by Crippen LogP contribution is -2.18. The number of rotatable bonds is 5. The Hall–Kier alpha value is -1.70. The molecule has 0 atom stereocenters. The van der Waals surface area contributed by atoms with Gasteiger partial charge in [-0.25, -0.2) is 13.1 Å². The van der Waals surface area contributed by atoms with Crippen LogP contribution in [0.25, 0.3) is 0 Å². The summed E-state index contributed by atoms with van der Waals surface area (Å²) in [5.74, 6) is 1.02. The molecule has 2 rings (SSSR count). The molecule has 0 amide bonds. The van der Waals surface area contributed by atoms with Gasteiger partial charge in [-0.3, -0.25) is 4.79 Å². The fraction of sp³-hybridized carbons (Fsp3) is 0.0714. The van der Waals surface area contributed by atoms with Gasteiger partial charge in [0.1, 0.15) is 17.8 Å². The van der Waals surface area contributed by atoms with E-state index in [4.69, 9.17) is 4.74 Å². The Bertz CT molecular complexity index is 757. The van der Waals surface area contributed by atoms with Crippen molar-refractivity contribution in [2.24, 2.45) is 0 Å². The van der Waals surface area contributed by atoms with Crippen LogP contribution in [-0.4, -0.2) is 21.8 Å². The average Bonchev–Trinajstić information content (AvgIpc) is 2.50. The van der Waals surface area contributed by atoms with Crippen molar-refractivity contribution in [1.29, 1.82) is 0 Å². The Labute approximate surface area is 131 Å². The molecule has 0 radical (unpaired) electrons. The van der Waals surface area contributed by atoms with E-state index in [-0.39, 0.29) is 4.90 Å². The summed E-state index contributed by atoms with van der Waals surface area (Å²) in [6, 6.07) is 11.1. The average molecular weight is 370 g/mol. The third-order valence-electron chi connectivity index (χ3n) is 2.73. The molecule has 0 spiro atoms. The lowest BCUT2D eigenvalue weighted by atomic mass is 10.2. The molecule has 2 aromatic rings. The lowest BCUT2D eigenvalue weighted by molar-refractivity contribution is 0.112. The van der Waals surface area contributed by atoms with Crippen molar-refractivity contribution < 1.29 is 17.9 Å². The molecule has 7 heteroatoms.